The molecule has 2 N–H and O–H groups in total. The van der Waals surface area contributed by atoms with E-state index in [1.165, 1.54) is 16.4 Å². The number of anilines is 2. The van der Waals surface area contributed by atoms with Gasteiger partial charge in [-0.25, -0.2) is 22.8 Å². The summed E-state index contributed by atoms with van der Waals surface area (Å²) in [5.41, 5.74) is -1.64. The molecule has 1 spiro atoms. The molecule has 338 valence electrons. The summed E-state index contributed by atoms with van der Waals surface area (Å²) in [5, 5.41) is 8.59. The monoisotopic (exact) mass is 918 g/mol. The number of benzene rings is 2. The highest BCUT2D eigenvalue weighted by atomic mass is 32.2. The van der Waals surface area contributed by atoms with Crippen LogP contribution in [-0.2, 0) is 38.9 Å². The smallest absolute Gasteiger partial charge is 0.368 e. The molecule has 1 unspecified atom stereocenters. The number of sulfonamides is 1. The topological polar surface area (TPSA) is 183 Å². The molecule has 4 saturated heterocycles. The van der Waals surface area contributed by atoms with Gasteiger partial charge in [-0.2, -0.15) is 35.7 Å². The largest absolute Gasteiger partial charge is 0.419 e. The number of hydrogen-bond acceptors (Lipinski definition) is 12. The maximum absolute atomic E-state index is 15.4. The zero-order valence-corrected chi connectivity index (χ0v) is 34.2. The van der Waals surface area contributed by atoms with Gasteiger partial charge < -0.3 is 10.2 Å². The molecule has 1 atom stereocenters. The lowest BCUT2D eigenvalue weighted by Crippen LogP contribution is -2.72. The number of rotatable bonds is 10. The van der Waals surface area contributed by atoms with Gasteiger partial charge in [-0.15, -0.1) is 0 Å². The Morgan fingerprint density at radius 3 is 2.27 bits per heavy atom. The van der Waals surface area contributed by atoms with E-state index < -0.39 is 81.7 Å². The second-order valence-corrected chi connectivity index (χ2v) is 18.7. The summed E-state index contributed by atoms with van der Waals surface area (Å²) < 4.78 is 125. The highest BCUT2D eigenvalue weighted by Crippen LogP contribution is 2.44. The minimum Gasteiger partial charge on any atom is -0.368 e. The molecule has 0 saturated carbocycles. The van der Waals surface area contributed by atoms with Crippen molar-refractivity contribution in [2.45, 2.75) is 68.1 Å². The van der Waals surface area contributed by atoms with Crippen LogP contribution in [0.15, 0.2) is 59.9 Å². The quantitative estimate of drug-likeness (QED) is 0.172. The standard InChI is InChI=1S/C40H37F7N10O6S/c41-29-11-26-27(36(61)57(35(26)60)30-4-5-32(58)51-34(30)59)12-31(29)54-19-38(20-54)17-53(18-38)15-22-2-1-3-25(10-22)64(62,63)56-8-6-24(7-9-56)50-37-48-14-28(40(45,46)47)33(52-37)23-13-49-55(16-23)21-39(42,43)44/h1-3,10-14,16,24,30H,4-9,15,17-21H2,(H,48,50,52)(H,51,58,59). The third-order valence-electron chi connectivity index (χ3n) is 12.1. The van der Waals surface area contributed by atoms with Crippen molar-refractivity contribution >= 4 is 45.3 Å². The average Bonchev–Trinajstić information content (AvgIpc) is 3.75. The fourth-order valence-electron chi connectivity index (χ4n) is 9.14. The van der Waals surface area contributed by atoms with Crippen LogP contribution < -0.4 is 15.5 Å². The number of aromatic nitrogens is 4. The zero-order valence-electron chi connectivity index (χ0n) is 33.4. The Labute approximate surface area is 359 Å². The van der Waals surface area contributed by atoms with E-state index >= 15 is 4.39 Å². The van der Waals surface area contributed by atoms with Gasteiger partial charge >= 0.3 is 12.4 Å². The summed E-state index contributed by atoms with van der Waals surface area (Å²) in [5.74, 6) is -3.68. The lowest BCUT2D eigenvalue weighted by molar-refractivity contribution is -0.142. The van der Waals surface area contributed by atoms with Crippen molar-refractivity contribution < 1.29 is 58.3 Å². The summed E-state index contributed by atoms with van der Waals surface area (Å²) in [6.45, 7) is 1.30. The first-order chi connectivity index (χ1) is 30.2. The number of nitrogens with one attached hydrogen (secondary N) is 2. The Morgan fingerprint density at radius 2 is 1.59 bits per heavy atom. The minimum atomic E-state index is -4.91. The molecule has 64 heavy (non-hydrogen) atoms. The molecule has 0 aliphatic carbocycles. The first-order valence-corrected chi connectivity index (χ1v) is 21.5. The number of likely N-dealkylation sites (tertiary alicyclic amines) is 1. The van der Waals surface area contributed by atoms with E-state index in [0.29, 0.717) is 43.6 Å². The van der Waals surface area contributed by atoms with E-state index in [-0.39, 0.29) is 77.4 Å². The second-order valence-electron chi connectivity index (χ2n) is 16.8. The third kappa shape index (κ3) is 8.17. The Morgan fingerprint density at radius 1 is 0.891 bits per heavy atom. The van der Waals surface area contributed by atoms with E-state index in [4.69, 9.17) is 0 Å². The molecule has 24 heteroatoms. The summed E-state index contributed by atoms with van der Waals surface area (Å²) in [6, 6.07) is 7.29. The predicted molar refractivity (Wildman–Crippen MR) is 209 cm³/mol. The van der Waals surface area contributed by atoms with Crippen LogP contribution in [0.25, 0.3) is 11.3 Å². The lowest BCUT2D eigenvalue weighted by atomic mass is 9.72. The number of fused-ring (bicyclic) bond motifs is 1. The Bertz CT molecular complexity index is 2690. The molecule has 0 bridgehead atoms. The number of piperidine rings is 2. The van der Waals surface area contributed by atoms with E-state index in [2.05, 4.69) is 30.6 Å². The van der Waals surface area contributed by atoms with Crippen molar-refractivity contribution in [3.8, 4) is 11.3 Å². The molecule has 5 aliphatic rings. The van der Waals surface area contributed by atoms with E-state index in [1.54, 1.807) is 17.0 Å². The fourth-order valence-corrected chi connectivity index (χ4v) is 10.7. The number of hydrogen-bond donors (Lipinski definition) is 2. The number of alkyl halides is 6. The van der Waals surface area contributed by atoms with Gasteiger partial charge in [0.15, 0.2) is 0 Å². The Kier molecular flexibility index (Phi) is 10.5. The zero-order chi connectivity index (χ0) is 45.5. The van der Waals surface area contributed by atoms with Crippen LogP contribution >= 0.6 is 0 Å². The fraction of sp³-hybridized carbons (Fsp3) is 0.425. The Hall–Kier alpha value is -6.01. The van der Waals surface area contributed by atoms with Crippen molar-refractivity contribution in [3.05, 3.63) is 83.1 Å². The highest BCUT2D eigenvalue weighted by Gasteiger charge is 2.53. The van der Waals surface area contributed by atoms with Gasteiger partial charge in [-0.05, 0) is 49.1 Å². The number of halogens is 7. The van der Waals surface area contributed by atoms with Crippen LogP contribution in [0, 0.1) is 11.2 Å². The summed E-state index contributed by atoms with van der Waals surface area (Å²) in [6.07, 6.45) is -6.92. The summed E-state index contributed by atoms with van der Waals surface area (Å²) >= 11 is 0. The average molecular weight is 919 g/mol. The molecular formula is C40H37F7N10O6S. The highest BCUT2D eigenvalue weighted by molar-refractivity contribution is 7.89. The van der Waals surface area contributed by atoms with Crippen molar-refractivity contribution in [1.29, 1.82) is 0 Å². The molecule has 4 amide bonds. The number of carbonyl (C=O) groups is 4. The molecule has 4 fully saturated rings. The lowest BCUT2D eigenvalue weighted by Gasteiger charge is -2.61. The van der Waals surface area contributed by atoms with Gasteiger partial charge in [-0.1, -0.05) is 12.1 Å². The van der Waals surface area contributed by atoms with E-state index in [1.807, 2.05) is 6.07 Å². The number of amides is 4. The third-order valence-corrected chi connectivity index (χ3v) is 14.0. The van der Waals surface area contributed by atoms with Gasteiger partial charge in [0.05, 0.1) is 33.6 Å². The maximum Gasteiger partial charge on any atom is 0.419 e. The van der Waals surface area contributed by atoms with Crippen LogP contribution in [-0.4, -0.2) is 123 Å². The van der Waals surface area contributed by atoms with Crippen LogP contribution in [0.1, 0.15) is 57.5 Å². The number of imide groups is 2. The van der Waals surface area contributed by atoms with Crippen molar-refractivity contribution in [2.24, 2.45) is 5.41 Å². The molecule has 2 aromatic carbocycles. The van der Waals surface area contributed by atoms with E-state index in [9.17, 15) is 53.9 Å². The molecule has 4 aromatic rings. The molecular weight excluding hydrogens is 882 g/mol. The minimum absolute atomic E-state index is 0.0138. The second kappa shape index (κ2) is 15.6. The van der Waals surface area contributed by atoms with Gasteiger partial charge in [0.2, 0.25) is 27.8 Å². The van der Waals surface area contributed by atoms with Crippen LogP contribution in [0.4, 0.5) is 42.4 Å². The van der Waals surface area contributed by atoms with Crippen molar-refractivity contribution in [1.82, 2.24) is 39.2 Å². The first kappa shape index (κ1) is 43.3. The van der Waals surface area contributed by atoms with Crippen LogP contribution in [0.5, 0.6) is 0 Å². The first-order valence-electron chi connectivity index (χ1n) is 20.1. The maximum atomic E-state index is 15.4. The number of nitrogens with zero attached hydrogens (tertiary/aromatic N) is 8. The SMILES string of the molecule is O=C1CCC(N2C(=O)c3cc(F)c(N4CC5(CN(Cc6cccc(S(=O)(=O)N7CCC(Nc8ncc(C(F)(F)F)c(-c9cnn(CC(F)(F)F)c9)n8)CC7)c6)C5)C4)cc3C2=O)C(=O)N1. The van der Waals surface area contributed by atoms with Crippen LogP contribution in [0.2, 0.25) is 0 Å². The predicted octanol–water partition coefficient (Wildman–Crippen LogP) is 4.05. The molecule has 5 aliphatic heterocycles. The van der Waals surface area contributed by atoms with Crippen LogP contribution in [0.3, 0.4) is 0 Å². The summed E-state index contributed by atoms with van der Waals surface area (Å²) in [4.78, 5) is 62.9. The van der Waals surface area contributed by atoms with Gasteiger partial charge in [-0.3, -0.25) is 39.0 Å². The van der Waals surface area contributed by atoms with Gasteiger partial charge in [0, 0.05) is 81.6 Å². The Balaban J connectivity index is 0.782. The molecule has 7 heterocycles. The van der Waals surface area contributed by atoms with Crippen molar-refractivity contribution in [3.63, 3.8) is 0 Å². The van der Waals surface area contributed by atoms with Crippen molar-refractivity contribution in [2.75, 3.05) is 49.5 Å². The summed E-state index contributed by atoms with van der Waals surface area (Å²) in [7, 11) is -3.95. The molecule has 9 rings (SSSR count). The van der Waals surface area contributed by atoms with Gasteiger partial charge in [0.1, 0.15) is 24.0 Å². The normalized spacial score (nSPS) is 21.0. The van der Waals surface area contributed by atoms with Gasteiger partial charge in [0.25, 0.3) is 11.8 Å². The molecule has 0 radical (unpaired) electrons. The molecule has 16 nitrogen and oxygen atoms in total. The van der Waals surface area contributed by atoms with E-state index in [0.717, 1.165) is 28.9 Å². The molecule has 2 aromatic heterocycles. The number of carbonyl (C=O) groups excluding carboxylic acids is 4.